The molecule has 0 bridgehead atoms. The van der Waals surface area contributed by atoms with Crippen molar-refractivity contribution in [3.63, 3.8) is 0 Å². The van der Waals surface area contributed by atoms with Crippen LogP contribution in [-0.2, 0) is 14.4 Å². The van der Waals surface area contributed by atoms with Gasteiger partial charge >= 0.3 is 6.03 Å². The van der Waals surface area contributed by atoms with Crippen LogP contribution in [0.25, 0.3) is 6.08 Å². The number of carbonyl (C=O) groups excluding carboxylic acids is 4. The molecule has 5 rings (SSSR count). The number of halogens is 2. The van der Waals surface area contributed by atoms with Crippen LogP contribution in [0.3, 0.4) is 0 Å². The van der Waals surface area contributed by atoms with E-state index in [1.165, 1.54) is 18.2 Å². The lowest BCUT2D eigenvalue weighted by molar-refractivity contribution is -0.121. The Morgan fingerprint density at radius 2 is 1.33 bits per heavy atom. The maximum Gasteiger partial charge on any atom is 0.343 e. The van der Waals surface area contributed by atoms with Crippen LogP contribution in [-0.4, -0.2) is 30.4 Å². The highest BCUT2D eigenvalue weighted by molar-refractivity contribution is 6.46. The zero-order chi connectivity index (χ0) is 30.7. The van der Waals surface area contributed by atoms with Crippen molar-refractivity contribution in [2.75, 3.05) is 21.7 Å². The second kappa shape index (κ2) is 12.5. The fraction of sp³-hybridized carbons (Fsp3) is 0.0909. The number of rotatable bonds is 7. The smallest absolute Gasteiger partial charge is 0.343 e. The highest BCUT2D eigenvalue weighted by Gasteiger charge is 2.43. The number of ether oxygens (including phenoxy) is 1. The first-order valence-corrected chi connectivity index (χ1v) is 13.9. The summed E-state index contributed by atoms with van der Waals surface area (Å²) in [5.74, 6) is -1.94. The van der Waals surface area contributed by atoms with Crippen LogP contribution in [0.1, 0.15) is 16.7 Å². The number of barbiturate groups is 1. The van der Waals surface area contributed by atoms with Gasteiger partial charge in [0, 0.05) is 5.69 Å². The van der Waals surface area contributed by atoms with Gasteiger partial charge in [-0.15, -0.1) is 0 Å². The van der Waals surface area contributed by atoms with E-state index in [4.69, 9.17) is 27.9 Å². The van der Waals surface area contributed by atoms with E-state index in [1.807, 2.05) is 26.0 Å². The lowest BCUT2D eigenvalue weighted by Crippen LogP contribution is -2.57. The SMILES string of the molecule is Cc1cccc(NC(=O)COc2c(Cl)cc(C=C3C(=O)N(c4ccccc4)C(=O)N(c4ccccc4)C3=O)cc2Cl)c1C. The molecule has 0 aromatic heterocycles. The van der Waals surface area contributed by atoms with Crippen LogP contribution >= 0.6 is 23.2 Å². The van der Waals surface area contributed by atoms with E-state index in [1.54, 1.807) is 66.7 Å². The molecule has 1 heterocycles. The maximum absolute atomic E-state index is 13.6. The fourth-order valence-corrected chi connectivity index (χ4v) is 5.13. The molecule has 1 saturated heterocycles. The summed E-state index contributed by atoms with van der Waals surface area (Å²) in [6.45, 7) is 3.50. The average Bonchev–Trinajstić information content (AvgIpc) is 2.98. The van der Waals surface area contributed by atoms with Crippen LogP contribution in [0.15, 0.2) is 96.6 Å². The summed E-state index contributed by atoms with van der Waals surface area (Å²) >= 11 is 12.9. The molecule has 0 atom stereocenters. The molecule has 5 amide bonds. The number of nitrogens with zero attached hydrogens (tertiary/aromatic N) is 2. The normalized spacial score (nSPS) is 13.3. The minimum Gasteiger partial charge on any atom is -0.481 e. The van der Waals surface area contributed by atoms with Crippen molar-refractivity contribution in [2.24, 2.45) is 0 Å². The zero-order valence-corrected chi connectivity index (χ0v) is 24.6. The number of imide groups is 2. The third-order valence-electron chi connectivity index (χ3n) is 6.84. The fourth-order valence-electron chi connectivity index (χ4n) is 4.52. The quantitative estimate of drug-likeness (QED) is 0.175. The largest absolute Gasteiger partial charge is 0.481 e. The Morgan fingerprint density at radius 3 is 1.86 bits per heavy atom. The van der Waals surface area contributed by atoms with Gasteiger partial charge in [0.2, 0.25) is 0 Å². The van der Waals surface area contributed by atoms with Crippen molar-refractivity contribution < 1.29 is 23.9 Å². The Morgan fingerprint density at radius 1 is 0.791 bits per heavy atom. The van der Waals surface area contributed by atoms with E-state index in [9.17, 15) is 19.2 Å². The third kappa shape index (κ3) is 6.16. The van der Waals surface area contributed by atoms with E-state index in [-0.39, 0.29) is 28.0 Å². The first-order chi connectivity index (χ1) is 20.7. The average molecular weight is 614 g/mol. The summed E-state index contributed by atoms with van der Waals surface area (Å²) in [4.78, 5) is 55.1. The minimum atomic E-state index is -0.802. The van der Waals surface area contributed by atoms with E-state index < -0.39 is 23.8 Å². The Kier molecular flexibility index (Phi) is 8.61. The number of aryl methyl sites for hydroxylation is 1. The number of hydrogen-bond donors (Lipinski definition) is 1. The Bertz CT molecular complexity index is 1690. The van der Waals surface area contributed by atoms with Crippen LogP contribution in [0.5, 0.6) is 5.75 Å². The van der Waals surface area contributed by atoms with Gasteiger partial charge in [-0.25, -0.2) is 14.6 Å². The number of carbonyl (C=O) groups is 4. The zero-order valence-electron chi connectivity index (χ0n) is 23.1. The van der Waals surface area contributed by atoms with E-state index >= 15 is 0 Å². The van der Waals surface area contributed by atoms with Crippen molar-refractivity contribution in [3.8, 4) is 5.75 Å². The molecular formula is C33H25Cl2N3O5. The Balaban J connectivity index is 1.43. The molecule has 1 aliphatic heterocycles. The summed E-state index contributed by atoms with van der Waals surface area (Å²) < 4.78 is 5.63. The van der Waals surface area contributed by atoms with Crippen molar-refractivity contribution in [1.29, 1.82) is 0 Å². The van der Waals surface area contributed by atoms with Crippen molar-refractivity contribution in [1.82, 2.24) is 0 Å². The van der Waals surface area contributed by atoms with Crippen molar-refractivity contribution in [2.45, 2.75) is 13.8 Å². The van der Waals surface area contributed by atoms with Crippen molar-refractivity contribution in [3.05, 3.63) is 123 Å². The van der Waals surface area contributed by atoms with Gasteiger partial charge < -0.3 is 10.1 Å². The number of anilines is 3. The molecule has 4 aromatic carbocycles. The minimum absolute atomic E-state index is 0.0606. The van der Waals surface area contributed by atoms with E-state index in [0.717, 1.165) is 20.9 Å². The van der Waals surface area contributed by atoms with Gasteiger partial charge in [0.05, 0.1) is 21.4 Å². The summed E-state index contributed by atoms with van der Waals surface area (Å²) in [6, 6.07) is 24.3. The van der Waals surface area contributed by atoms with Gasteiger partial charge in [-0.3, -0.25) is 14.4 Å². The van der Waals surface area contributed by atoms with Gasteiger partial charge in [-0.05, 0) is 79.1 Å². The maximum atomic E-state index is 13.6. The molecule has 0 radical (unpaired) electrons. The number of nitrogens with one attached hydrogen (secondary N) is 1. The van der Waals surface area contributed by atoms with Crippen molar-refractivity contribution >= 4 is 70.1 Å². The predicted octanol–water partition coefficient (Wildman–Crippen LogP) is 7.21. The molecule has 216 valence electrons. The van der Waals surface area contributed by atoms with E-state index in [2.05, 4.69) is 5.32 Å². The second-order valence-electron chi connectivity index (χ2n) is 9.69. The second-order valence-corrected chi connectivity index (χ2v) is 10.5. The number of urea groups is 1. The van der Waals surface area contributed by atoms with Gasteiger partial charge in [0.1, 0.15) is 5.57 Å². The molecule has 1 N–H and O–H groups in total. The molecule has 43 heavy (non-hydrogen) atoms. The van der Waals surface area contributed by atoms with Crippen LogP contribution in [0.4, 0.5) is 21.9 Å². The monoisotopic (exact) mass is 613 g/mol. The summed E-state index contributed by atoms with van der Waals surface area (Å²) in [6.07, 6.45) is 1.32. The highest BCUT2D eigenvalue weighted by Crippen LogP contribution is 2.36. The molecular weight excluding hydrogens is 589 g/mol. The lowest BCUT2D eigenvalue weighted by Gasteiger charge is -2.33. The summed E-state index contributed by atoms with van der Waals surface area (Å²) in [5, 5.41) is 2.92. The number of benzene rings is 4. The topological polar surface area (TPSA) is 96.0 Å². The molecule has 4 aromatic rings. The lowest BCUT2D eigenvalue weighted by atomic mass is 10.0. The van der Waals surface area contributed by atoms with Gasteiger partial charge in [-0.2, -0.15) is 0 Å². The first kappa shape index (κ1) is 29.6. The first-order valence-electron chi connectivity index (χ1n) is 13.2. The van der Waals surface area contributed by atoms with Gasteiger partial charge in [-0.1, -0.05) is 71.7 Å². The highest BCUT2D eigenvalue weighted by atomic mass is 35.5. The molecule has 0 spiro atoms. The Hall–Kier alpha value is -4.92. The summed E-state index contributed by atoms with van der Waals surface area (Å²) in [5.41, 5.74) is 3.28. The Labute approximate surface area is 258 Å². The standard InChI is InChI=1S/C33H25Cl2N3O5/c1-20-10-9-15-28(21(20)2)36-29(39)19-43-30-26(34)17-22(18-27(30)35)16-25-31(40)37(23-11-5-3-6-12-23)33(42)38(32(25)41)24-13-7-4-8-14-24/h3-18H,19H2,1-2H3,(H,36,39). The number of hydrogen-bond acceptors (Lipinski definition) is 5. The van der Waals surface area contributed by atoms with Gasteiger partial charge in [0.25, 0.3) is 17.7 Å². The molecule has 10 heteroatoms. The summed E-state index contributed by atoms with van der Waals surface area (Å²) in [7, 11) is 0. The van der Waals surface area contributed by atoms with Crippen LogP contribution in [0.2, 0.25) is 10.0 Å². The molecule has 0 saturated carbocycles. The third-order valence-corrected chi connectivity index (χ3v) is 7.40. The predicted molar refractivity (Wildman–Crippen MR) is 168 cm³/mol. The molecule has 1 aliphatic rings. The molecule has 0 unspecified atom stereocenters. The van der Waals surface area contributed by atoms with Gasteiger partial charge in [0.15, 0.2) is 12.4 Å². The molecule has 0 aliphatic carbocycles. The number of para-hydroxylation sites is 2. The molecule has 8 nitrogen and oxygen atoms in total. The molecule has 1 fully saturated rings. The van der Waals surface area contributed by atoms with Crippen LogP contribution < -0.4 is 19.9 Å². The van der Waals surface area contributed by atoms with E-state index in [0.29, 0.717) is 22.6 Å². The number of amides is 5. The van der Waals surface area contributed by atoms with Crippen LogP contribution in [0, 0.1) is 13.8 Å².